The van der Waals surface area contributed by atoms with Gasteiger partial charge in [0.15, 0.2) is 4.80 Å². The summed E-state index contributed by atoms with van der Waals surface area (Å²) >= 11 is 7.55. The van der Waals surface area contributed by atoms with Gasteiger partial charge in [0, 0.05) is 24.7 Å². The first kappa shape index (κ1) is 18.8. The number of aromatic nitrogens is 3. The molecule has 0 bridgehead atoms. The summed E-state index contributed by atoms with van der Waals surface area (Å²) in [7, 11) is 1.65. The van der Waals surface area contributed by atoms with Gasteiger partial charge >= 0.3 is 0 Å². The van der Waals surface area contributed by atoms with Gasteiger partial charge in [-0.1, -0.05) is 22.9 Å². The number of ether oxygens (including phenoxy) is 1. The van der Waals surface area contributed by atoms with E-state index in [1.54, 1.807) is 17.9 Å². The van der Waals surface area contributed by atoms with Crippen molar-refractivity contribution in [3.8, 4) is 0 Å². The zero-order valence-electron chi connectivity index (χ0n) is 15.2. The topological polar surface area (TPSA) is 61.4 Å². The van der Waals surface area contributed by atoms with Gasteiger partial charge < -0.3 is 9.30 Å². The Kier molecular flexibility index (Phi) is 5.60. The zero-order chi connectivity index (χ0) is 18.8. The van der Waals surface area contributed by atoms with Crippen LogP contribution in [0.5, 0.6) is 0 Å². The Balaban J connectivity index is 2.12. The van der Waals surface area contributed by atoms with Crippen molar-refractivity contribution in [2.45, 2.75) is 33.4 Å². The number of fused-ring (bicyclic) bond motifs is 1. The Morgan fingerprint density at radius 3 is 2.85 bits per heavy atom. The first-order valence-corrected chi connectivity index (χ1v) is 9.53. The molecule has 0 aliphatic rings. The molecule has 0 saturated heterocycles. The van der Waals surface area contributed by atoms with Crippen molar-refractivity contribution in [2.24, 2.45) is 4.99 Å². The second-order valence-corrected chi connectivity index (χ2v) is 7.71. The Labute approximate surface area is 160 Å². The van der Waals surface area contributed by atoms with E-state index in [0.29, 0.717) is 28.7 Å². The molecule has 0 aliphatic carbocycles. The number of thiazole rings is 1. The van der Waals surface area contributed by atoms with E-state index >= 15 is 0 Å². The second-order valence-electron chi connectivity index (χ2n) is 6.27. The van der Waals surface area contributed by atoms with Crippen molar-refractivity contribution >= 4 is 39.1 Å². The number of aryl methyl sites for hydroxylation is 1. The van der Waals surface area contributed by atoms with Crippen LogP contribution in [0.3, 0.4) is 0 Å². The molecule has 1 aromatic carbocycles. The second kappa shape index (κ2) is 7.73. The van der Waals surface area contributed by atoms with Crippen molar-refractivity contribution in [3.05, 3.63) is 45.5 Å². The summed E-state index contributed by atoms with van der Waals surface area (Å²) in [5, 5.41) is 5.05. The molecule has 0 aliphatic heterocycles. The van der Waals surface area contributed by atoms with Crippen LogP contribution < -0.4 is 4.80 Å². The third-order valence-corrected chi connectivity index (χ3v) is 5.20. The highest BCUT2D eigenvalue weighted by Crippen LogP contribution is 2.22. The molecule has 3 rings (SSSR count). The molecule has 0 radical (unpaired) electrons. The number of rotatable bonds is 5. The van der Waals surface area contributed by atoms with Crippen molar-refractivity contribution in [2.75, 3.05) is 13.7 Å². The maximum absolute atomic E-state index is 12.8. The van der Waals surface area contributed by atoms with E-state index in [1.165, 1.54) is 11.3 Å². The maximum atomic E-state index is 12.8. The highest BCUT2D eigenvalue weighted by atomic mass is 35.5. The fourth-order valence-corrected chi connectivity index (χ4v) is 4.08. The van der Waals surface area contributed by atoms with Gasteiger partial charge in [0.05, 0.1) is 22.5 Å². The number of hydrogen-bond acceptors (Lipinski definition) is 4. The third kappa shape index (κ3) is 3.75. The Morgan fingerprint density at radius 1 is 1.38 bits per heavy atom. The summed E-state index contributed by atoms with van der Waals surface area (Å²) in [6.07, 6.45) is 0. The Hall–Kier alpha value is -1.96. The molecule has 2 aromatic heterocycles. The maximum Gasteiger partial charge on any atom is 0.297 e. The molecular formula is C18H21ClN4O2S. The number of carbonyl (C=O) groups is 1. The Bertz CT molecular complexity index is 1020. The lowest BCUT2D eigenvalue weighted by Crippen LogP contribution is -2.20. The van der Waals surface area contributed by atoms with E-state index < -0.39 is 0 Å². The van der Waals surface area contributed by atoms with Crippen molar-refractivity contribution in [3.63, 3.8) is 0 Å². The number of carbonyl (C=O) groups excluding carboxylic acids is 1. The predicted molar refractivity (Wildman–Crippen MR) is 104 cm³/mol. The molecule has 0 fully saturated rings. The SMILES string of the molecule is COCCn1c(=NC(=O)c2cc(C)nn2C(C)C)sc2cc(Cl)ccc21. The van der Waals surface area contributed by atoms with Crippen molar-refractivity contribution in [1.82, 2.24) is 14.3 Å². The van der Waals surface area contributed by atoms with Crippen LogP contribution >= 0.6 is 22.9 Å². The first-order valence-electron chi connectivity index (χ1n) is 8.33. The summed E-state index contributed by atoms with van der Waals surface area (Å²) in [5.41, 5.74) is 2.27. The lowest BCUT2D eigenvalue weighted by atomic mass is 10.3. The van der Waals surface area contributed by atoms with Gasteiger partial charge in [0.25, 0.3) is 5.91 Å². The molecule has 2 heterocycles. The quantitative estimate of drug-likeness (QED) is 0.662. The third-order valence-electron chi connectivity index (χ3n) is 3.93. The highest BCUT2D eigenvalue weighted by molar-refractivity contribution is 7.16. The van der Waals surface area contributed by atoms with Crippen LogP contribution in [0.2, 0.25) is 5.02 Å². The molecule has 8 heteroatoms. The van der Waals surface area contributed by atoms with Crippen molar-refractivity contribution < 1.29 is 9.53 Å². The summed E-state index contributed by atoms with van der Waals surface area (Å²) < 4.78 is 9.88. The molecule has 0 saturated carbocycles. The molecule has 1 amide bonds. The summed E-state index contributed by atoms with van der Waals surface area (Å²) in [4.78, 5) is 17.8. The fraction of sp³-hybridized carbons (Fsp3) is 0.389. The standard InChI is InChI=1S/C18H21ClN4O2S/c1-11(2)23-15(9-12(3)21-23)17(24)20-18-22(7-8-25-4)14-6-5-13(19)10-16(14)26-18/h5-6,9-11H,7-8H2,1-4H3. The average molecular weight is 393 g/mol. The van der Waals surface area contributed by atoms with Crippen LogP contribution in [0.15, 0.2) is 29.3 Å². The number of benzene rings is 1. The molecule has 0 atom stereocenters. The van der Waals surface area contributed by atoms with E-state index in [-0.39, 0.29) is 11.9 Å². The molecule has 0 N–H and O–H groups in total. The van der Waals surface area contributed by atoms with Gasteiger partial charge in [-0.15, -0.1) is 0 Å². The largest absolute Gasteiger partial charge is 0.383 e. The Morgan fingerprint density at radius 2 is 2.15 bits per heavy atom. The van der Waals surface area contributed by atoms with Gasteiger partial charge in [-0.2, -0.15) is 10.1 Å². The molecular weight excluding hydrogens is 372 g/mol. The highest BCUT2D eigenvalue weighted by Gasteiger charge is 2.16. The van der Waals surface area contributed by atoms with Gasteiger partial charge in [-0.3, -0.25) is 9.48 Å². The van der Waals surface area contributed by atoms with Crippen molar-refractivity contribution in [1.29, 1.82) is 0 Å². The van der Waals surface area contributed by atoms with Crippen LogP contribution in [0, 0.1) is 6.92 Å². The summed E-state index contributed by atoms with van der Waals surface area (Å²) in [6, 6.07) is 7.52. The average Bonchev–Trinajstić information content (AvgIpc) is 3.13. The number of halogens is 1. The molecule has 26 heavy (non-hydrogen) atoms. The molecule has 0 spiro atoms. The lowest BCUT2D eigenvalue weighted by Gasteiger charge is -2.08. The minimum absolute atomic E-state index is 0.0830. The van der Waals surface area contributed by atoms with Crippen LogP contribution in [0.1, 0.15) is 36.1 Å². The normalized spacial score (nSPS) is 12.5. The predicted octanol–water partition coefficient (Wildman–Crippen LogP) is 3.83. The lowest BCUT2D eigenvalue weighted by molar-refractivity contribution is 0.0985. The fourth-order valence-electron chi connectivity index (χ4n) is 2.75. The van der Waals surface area contributed by atoms with Crippen LogP contribution in [-0.4, -0.2) is 34.0 Å². The minimum atomic E-state index is -0.303. The summed E-state index contributed by atoms with van der Waals surface area (Å²) in [6.45, 7) is 6.98. The van der Waals surface area contributed by atoms with Crippen LogP contribution in [0.25, 0.3) is 10.2 Å². The van der Waals surface area contributed by atoms with E-state index in [4.69, 9.17) is 16.3 Å². The molecule has 6 nitrogen and oxygen atoms in total. The first-order chi connectivity index (χ1) is 12.4. The van der Waals surface area contributed by atoms with E-state index in [1.807, 2.05) is 43.5 Å². The minimum Gasteiger partial charge on any atom is -0.383 e. The van der Waals surface area contributed by atoms with Gasteiger partial charge in [0.1, 0.15) is 5.69 Å². The van der Waals surface area contributed by atoms with E-state index in [2.05, 4.69) is 10.1 Å². The number of amides is 1. The number of methoxy groups -OCH3 is 1. The van der Waals surface area contributed by atoms with Gasteiger partial charge in [-0.25, -0.2) is 0 Å². The molecule has 138 valence electrons. The van der Waals surface area contributed by atoms with Crippen LogP contribution in [0.4, 0.5) is 0 Å². The number of hydrogen-bond donors (Lipinski definition) is 0. The van der Waals surface area contributed by atoms with E-state index in [0.717, 1.165) is 15.9 Å². The molecule has 0 unspecified atom stereocenters. The van der Waals surface area contributed by atoms with Crippen LogP contribution in [-0.2, 0) is 11.3 Å². The van der Waals surface area contributed by atoms with Gasteiger partial charge in [0.2, 0.25) is 0 Å². The number of nitrogens with zero attached hydrogens (tertiary/aromatic N) is 4. The smallest absolute Gasteiger partial charge is 0.297 e. The van der Waals surface area contributed by atoms with E-state index in [9.17, 15) is 4.79 Å². The summed E-state index contributed by atoms with van der Waals surface area (Å²) in [5.74, 6) is -0.303. The molecule has 3 aromatic rings. The zero-order valence-corrected chi connectivity index (χ0v) is 16.8. The van der Waals surface area contributed by atoms with Gasteiger partial charge in [-0.05, 0) is 45.0 Å². The monoisotopic (exact) mass is 392 g/mol.